The van der Waals surface area contributed by atoms with Crippen LogP contribution in [0.1, 0.15) is 32.6 Å². The second-order valence-corrected chi connectivity index (χ2v) is 9.49. The highest BCUT2D eigenvalue weighted by Gasteiger charge is 2.51. The molecule has 2 aromatic carbocycles. The molecule has 1 nitrogen and oxygen atoms in total. The van der Waals surface area contributed by atoms with Gasteiger partial charge in [-0.2, -0.15) is 8.78 Å². The van der Waals surface area contributed by atoms with Crippen molar-refractivity contribution in [3.63, 3.8) is 0 Å². The molecule has 0 aromatic heterocycles. The summed E-state index contributed by atoms with van der Waals surface area (Å²) in [4.78, 5) is 0. The van der Waals surface area contributed by atoms with Gasteiger partial charge in [0.25, 0.3) is 0 Å². The largest absolute Gasteiger partial charge is 0.432 e. The Balaban J connectivity index is 1.45. The van der Waals surface area contributed by atoms with Gasteiger partial charge in [0.1, 0.15) is 29.5 Å². The highest BCUT2D eigenvalue weighted by Crippen LogP contribution is 2.41. The van der Waals surface area contributed by atoms with E-state index in [2.05, 4.69) is 29.6 Å². The number of hydrogen-bond donors (Lipinski definition) is 0. The molecule has 9 heteroatoms. The molecular formula is C31H24F8O. The fraction of sp³-hybridized carbons (Fsp3) is 0.290. The first-order valence-corrected chi connectivity index (χ1v) is 12.6. The average molecular weight is 565 g/mol. The number of halogens is 8. The van der Waals surface area contributed by atoms with Crippen LogP contribution in [0.5, 0.6) is 5.75 Å². The SMILES string of the molecule is CCCCC1=CCC(C#CC2=CC(F)C(C(F)(F)Oc3ccc(-c4cc(F)c(F)c(F)c4)c(F)c3)C(F)=C2)C=C1. The maximum absolute atomic E-state index is 14.8. The van der Waals surface area contributed by atoms with Crippen LogP contribution in [0.4, 0.5) is 35.1 Å². The number of benzene rings is 2. The Kier molecular flexibility index (Phi) is 8.87. The molecule has 3 unspecified atom stereocenters. The number of hydrogen-bond acceptors (Lipinski definition) is 1. The third-order valence-electron chi connectivity index (χ3n) is 6.50. The quantitative estimate of drug-likeness (QED) is 0.185. The number of alkyl halides is 3. The van der Waals surface area contributed by atoms with Crippen molar-refractivity contribution in [2.75, 3.05) is 0 Å². The Morgan fingerprint density at radius 3 is 2.33 bits per heavy atom. The molecule has 40 heavy (non-hydrogen) atoms. The lowest BCUT2D eigenvalue weighted by Gasteiger charge is -2.29. The molecule has 0 amide bonds. The molecule has 0 saturated carbocycles. The summed E-state index contributed by atoms with van der Waals surface area (Å²) in [6.07, 6.45) is 4.18. The van der Waals surface area contributed by atoms with E-state index in [1.807, 2.05) is 12.2 Å². The molecule has 0 heterocycles. The second kappa shape index (κ2) is 12.2. The van der Waals surface area contributed by atoms with Gasteiger partial charge in [-0.25, -0.2) is 26.3 Å². The van der Waals surface area contributed by atoms with Gasteiger partial charge in [0.15, 0.2) is 17.5 Å². The number of unbranched alkanes of at least 4 members (excludes halogenated alkanes) is 1. The molecular weight excluding hydrogens is 540 g/mol. The van der Waals surface area contributed by atoms with E-state index in [0.29, 0.717) is 30.7 Å². The van der Waals surface area contributed by atoms with Crippen molar-refractivity contribution in [1.29, 1.82) is 0 Å². The van der Waals surface area contributed by atoms with Crippen LogP contribution in [0, 0.1) is 46.9 Å². The maximum Gasteiger partial charge on any atom is 0.410 e. The summed E-state index contributed by atoms with van der Waals surface area (Å²) >= 11 is 0. The Hall–Kier alpha value is -3.80. The van der Waals surface area contributed by atoms with E-state index in [-0.39, 0.29) is 11.5 Å². The predicted molar refractivity (Wildman–Crippen MR) is 136 cm³/mol. The molecule has 0 spiro atoms. The smallest absolute Gasteiger partial charge is 0.410 e. The standard InChI is InChI=1S/C31H24F8O/c1-2-3-4-18-5-7-19(8-6-18)9-10-20-13-25(33)29(26(34)14-20)31(38,39)40-22-11-12-23(24(32)17-22)21-15-27(35)30(37)28(36)16-21/h5-7,11-17,19,25,29H,2-4,8H2,1H3. The van der Waals surface area contributed by atoms with Gasteiger partial charge in [0.05, 0.1) is 0 Å². The molecule has 0 bridgehead atoms. The Morgan fingerprint density at radius 1 is 1.00 bits per heavy atom. The van der Waals surface area contributed by atoms with Gasteiger partial charge in [-0.15, -0.1) is 0 Å². The van der Waals surface area contributed by atoms with Crippen LogP contribution in [0.3, 0.4) is 0 Å². The van der Waals surface area contributed by atoms with Crippen molar-refractivity contribution in [1.82, 2.24) is 0 Å². The van der Waals surface area contributed by atoms with Crippen molar-refractivity contribution in [2.24, 2.45) is 11.8 Å². The summed E-state index contributed by atoms with van der Waals surface area (Å²) < 4.78 is 118. The summed E-state index contributed by atoms with van der Waals surface area (Å²) in [7, 11) is 0. The van der Waals surface area contributed by atoms with Gasteiger partial charge in [-0.3, -0.25) is 0 Å². The number of rotatable bonds is 7. The molecule has 210 valence electrons. The van der Waals surface area contributed by atoms with E-state index < -0.39 is 64.2 Å². The average Bonchev–Trinajstić information content (AvgIpc) is 2.89. The van der Waals surface area contributed by atoms with Crippen molar-refractivity contribution >= 4 is 0 Å². The van der Waals surface area contributed by atoms with Gasteiger partial charge in [0.2, 0.25) is 0 Å². The van der Waals surface area contributed by atoms with Crippen LogP contribution in [-0.4, -0.2) is 12.3 Å². The summed E-state index contributed by atoms with van der Waals surface area (Å²) in [6.45, 7) is 2.10. The van der Waals surface area contributed by atoms with E-state index >= 15 is 0 Å². The van der Waals surface area contributed by atoms with Crippen LogP contribution in [0.2, 0.25) is 0 Å². The molecule has 2 aliphatic carbocycles. The van der Waals surface area contributed by atoms with Crippen molar-refractivity contribution in [3.8, 4) is 28.7 Å². The van der Waals surface area contributed by atoms with Crippen molar-refractivity contribution in [2.45, 2.75) is 44.9 Å². The first-order valence-electron chi connectivity index (χ1n) is 12.6. The molecule has 0 saturated heterocycles. The Labute approximate surface area is 226 Å². The third-order valence-corrected chi connectivity index (χ3v) is 6.50. The van der Waals surface area contributed by atoms with Gasteiger partial charge < -0.3 is 4.74 Å². The molecule has 0 N–H and O–H groups in total. The predicted octanol–water partition coefficient (Wildman–Crippen LogP) is 9.33. The van der Waals surface area contributed by atoms with Crippen molar-refractivity contribution < 1.29 is 39.9 Å². The molecule has 2 aromatic rings. The molecule has 0 aliphatic heterocycles. The van der Waals surface area contributed by atoms with E-state index in [9.17, 15) is 35.1 Å². The fourth-order valence-electron chi connectivity index (χ4n) is 4.37. The van der Waals surface area contributed by atoms with E-state index in [1.165, 1.54) is 5.57 Å². The van der Waals surface area contributed by atoms with Crippen LogP contribution >= 0.6 is 0 Å². The van der Waals surface area contributed by atoms with E-state index in [0.717, 1.165) is 37.5 Å². The van der Waals surface area contributed by atoms with Gasteiger partial charge in [0, 0.05) is 23.1 Å². The summed E-state index contributed by atoms with van der Waals surface area (Å²) in [5, 5.41) is 0. The number of allylic oxidation sites excluding steroid dienone is 7. The van der Waals surface area contributed by atoms with E-state index in [1.54, 1.807) is 0 Å². The summed E-state index contributed by atoms with van der Waals surface area (Å²) in [5.74, 6) is -5.75. The minimum atomic E-state index is -4.44. The minimum Gasteiger partial charge on any atom is -0.432 e. The Bertz CT molecular complexity index is 1430. The molecule has 2 aliphatic rings. The molecule has 4 rings (SSSR count). The van der Waals surface area contributed by atoms with Gasteiger partial charge in [-0.1, -0.05) is 49.0 Å². The minimum absolute atomic E-state index is 0.0969. The van der Waals surface area contributed by atoms with E-state index in [4.69, 9.17) is 0 Å². The lowest BCUT2D eigenvalue weighted by Crippen LogP contribution is -2.41. The zero-order valence-electron chi connectivity index (χ0n) is 21.3. The third kappa shape index (κ3) is 6.67. The number of ether oxygens (including phenoxy) is 1. The van der Waals surface area contributed by atoms with Crippen molar-refractivity contribution in [3.05, 3.63) is 101 Å². The summed E-state index contributed by atoms with van der Waals surface area (Å²) in [5.41, 5.74) is 0.268. The second-order valence-electron chi connectivity index (χ2n) is 9.49. The van der Waals surface area contributed by atoms with Crippen LogP contribution in [0.25, 0.3) is 11.1 Å². The first kappa shape index (κ1) is 29.2. The maximum atomic E-state index is 14.8. The fourth-order valence-corrected chi connectivity index (χ4v) is 4.37. The van der Waals surface area contributed by atoms with Crippen LogP contribution in [0.15, 0.2) is 77.7 Å². The van der Waals surface area contributed by atoms with Gasteiger partial charge >= 0.3 is 6.11 Å². The van der Waals surface area contributed by atoms with Crippen LogP contribution in [-0.2, 0) is 0 Å². The topological polar surface area (TPSA) is 9.23 Å². The lowest BCUT2D eigenvalue weighted by atomic mass is 9.91. The molecule has 0 fully saturated rings. The monoisotopic (exact) mass is 564 g/mol. The highest BCUT2D eigenvalue weighted by atomic mass is 19.3. The highest BCUT2D eigenvalue weighted by molar-refractivity contribution is 5.65. The first-order chi connectivity index (χ1) is 19.0. The normalized spacial score (nSPS) is 20.7. The van der Waals surface area contributed by atoms with Gasteiger partial charge in [-0.05, 0) is 61.2 Å². The summed E-state index contributed by atoms with van der Waals surface area (Å²) in [6, 6.07) is 3.21. The molecule has 0 radical (unpaired) electrons. The Morgan fingerprint density at radius 2 is 1.73 bits per heavy atom. The molecule has 3 atom stereocenters. The zero-order chi connectivity index (χ0) is 29.0. The lowest BCUT2D eigenvalue weighted by molar-refractivity contribution is -0.219. The zero-order valence-corrected chi connectivity index (χ0v) is 21.3. The van der Waals surface area contributed by atoms with Crippen LogP contribution < -0.4 is 4.74 Å².